The fourth-order valence-corrected chi connectivity index (χ4v) is 7.18. The van der Waals surface area contributed by atoms with Crippen molar-refractivity contribution in [3.8, 4) is 0 Å². The number of rotatable bonds is 25. The Morgan fingerprint density at radius 2 is 0.978 bits per heavy atom. The summed E-state index contributed by atoms with van der Waals surface area (Å²) in [5, 5.41) is 4.20. The molecule has 0 N–H and O–H groups in total. The van der Waals surface area contributed by atoms with Gasteiger partial charge in [0, 0.05) is 49.9 Å². The molecule has 0 saturated carbocycles. The Morgan fingerprint density at radius 3 is 1.48 bits per heavy atom. The molecule has 0 aromatic carbocycles. The minimum Gasteiger partial charge on any atom is -0.462 e. The van der Waals surface area contributed by atoms with Crippen LogP contribution in [0.3, 0.4) is 0 Å². The standard InChI is InChI=1S/C38H72N2O6/c1-7-9-11-13-17-21-29-43-39-27-25-33(26-28-39)45-35(41)23-19-15-16-20-24-36(42)46-34-31-37(3,4)40(38(5,6)32-34)44-30-22-18-14-12-10-8-2/h33-34H,7-32H2,1-6H3. The van der Waals surface area contributed by atoms with Crippen molar-refractivity contribution >= 4 is 11.9 Å². The van der Waals surface area contributed by atoms with E-state index >= 15 is 0 Å². The third kappa shape index (κ3) is 17.3. The number of carbonyl (C=O) groups is 2. The topological polar surface area (TPSA) is 77.5 Å². The van der Waals surface area contributed by atoms with Crippen LogP contribution >= 0.6 is 0 Å². The van der Waals surface area contributed by atoms with Crippen LogP contribution in [0, 0.1) is 0 Å². The number of piperidine rings is 2. The predicted molar refractivity (Wildman–Crippen MR) is 186 cm³/mol. The second-order valence-corrected chi connectivity index (χ2v) is 15.2. The van der Waals surface area contributed by atoms with Crippen LogP contribution in [0.5, 0.6) is 0 Å². The van der Waals surface area contributed by atoms with Gasteiger partial charge in [-0.2, -0.15) is 10.1 Å². The first kappa shape index (κ1) is 41.0. The van der Waals surface area contributed by atoms with Gasteiger partial charge in [-0.15, -0.1) is 0 Å². The number of carbonyl (C=O) groups excluding carboxylic acids is 2. The average Bonchev–Trinajstić information content (AvgIpc) is 2.99. The summed E-state index contributed by atoms with van der Waals surface area (Å²) >= 11 is 0. The van der Waals surface area contributed by atoms with E-state index in [-0.39, 0.29) is 35.2 Å². The molecule has 0 radical (unpaired) electrons. The molecule has 0 spiro atoms. The number of nitrogens with zero attached hydrogens (tertiary/aromatic N) is 2. The lowest BCUT2D eigenvalue weighted by Crippen LogP contribution is -2.62. The van der Waals surface area contributed by atoms with Crippen LogP contribution in [0.1, 0.15) is 183 Å². The van der Waals surface area contributed by atoms with Gasteiger partial charge in [-0.05, 0) is 66.2 Å². The monoisotopic (exact) mass is 653 g/mol. The molecule has 270 valence electrons. The molecule has 2 saturated heterocycles. The molecule has 0 atom stereocenters. The van der Waals surface area contributed by atoms with Crippen molar-refractivity contribution in [2.75, 3.05) is 26.3 Å². The second-order valence-electron chi connectivity index (χ2n) is 15.2. The molecule has 46 heavy (non-hydrogen) atoms. The minimum absolute atomic E-state index is 0.00451. The van der Waals surface area contributed by atoms with E-state index in [4.69, 9.17) is 19.1 Å². The number of hydroxylamine groups is 4. The summed E-state index contributed by atoms with van der Waals surface area (Å²) in [6.45, 7) is 16.4. The highest BCUT2D eigenvalue weighted by molar-refractivity contribution is 5.70. The number of unbranched alkanes of at least 4 members (excludes halogenated alkanes) is 13. The second kappa shape index (κ2) is 23.2. The number of hydrogen-bond acceptors (Lipinski definition) is 8. The molecule has 0 amide bonds. The number of esters is 2. The van der Waals surface area contributed by atoms with Crippen molar-refractivity contribution in [3.63, 3.8) is 0 Å². The summed E-state index contributed by atoms with van der Waals surface area (Å²) in [6, 6.07) is 0. The zero-order chi connectivity index (χ0) is 33.7. The molecule has 0 aromatic heterocycles. The first-order valence-corrected chi connectivity index (χ1v) is 19.3. The molecule has 0 aliphatic carbocycles. The van der Waals surface area contributed by atoms with Gasteiger partial charge in [-0.1, -0.05) is 90.9 Å². The normalized spacial score (nSPS) is 19.3. The number of hydrogen-bond donors (Lipinski definition) is 0. The maximum atomic E-state index is 12.7. The van der Waals surface area contributed by atoms with Crippen LogP contribution in [-0.2, 0) is 28.7 Å². The molecular formula is C38H72N2O6. The van der Waals surface area contributed by atoms with E-state index in [1.807, 2.05) is 5.06 Å². The van der Waals surface area contributed by atoms with Gasteiger partial charge in [0.25, 0.3) is 0 Å². The molecule has 8 heteroatoms. The van der Waals surface area contributed by atoms with Gasteiger partial charge in [0.15, 0.2) is 0 Å². The molecule has 2 rings (SSSR count). The highest BCUT2D eigenvalue weighted by Gasteiger charge is 2.47. The first-order valence-electron chi connectivity index (χ1n) is 19.3. The molecule has 2 heterocycles. The van der Waals surface area contributed by atoms with Gasteiger partial charge in [-0.3, -0.25) is 19.3 Å². The van der Waals surface area contributed by atoms with E-state index in [9.17, 15) is 9.59 Å². The Kier molecular flexibility index (Phi) is 20.6. The van der Waals surface area contributed by atoms with Crippen molar-refractivity contribution in [1.82, 2.24) is 10.1 Å². The molecule has 0 unspecified atom stereocenters. The van der Waals surface area contributed by atoms with Crippen LogP contribution in [0.4, 0.5) is 0 Å². The Bertz CT molecular complexity index is 793. The predicted octanol–water partition coefficient (Wildman–Crippen LogP) is 9.48. The van der Waals surface area contributed by atoms with E-state index < -0.39 is 0 Å². The molecular weight excluding hydrogens is 580 g/mol. The van der Waals surface area contributed by atoms with E-state index in [1.165, 1.54) is 64.2 Å². The highest BCUT2D eigenvalue weighted by Crippen LogP contribution is 2.40. The molecule has 2 aliphatic rings. The Balaban J connectivity index is 1.51. The Morgan fingerprint density at radius 1 is 0.565 bits per heavy atom. The van der Waals surface area contributed by atoms with Gasteiger partial charge in [0.1, 0.15) is 12.2 Å². The third-order valence-corrected chi connectivity index (χ3v) is 9.55. The fourth-order valence-electron chi connectivity index (χ4n) is 7.18. The van der Waals surface area contributed by atoms with E-state index in [2.05, 4.69) is 46.6 Å². The summed E-state index contributed by atoms with van der Waals surface area (Å²) in [7, 11) is 0. The molecule has 2 aliphatic heterocycles. The van der Waals surface area contributed by atoms with E-state index in [0.717, 1.165) is 90.5 Å². The van der Waals surface area contributed by atoms with Gasteiger partial charge >= 0.3 is 11.9 Å². The lowest BCUT2D eigenvalue weighted by molar-refractivity contribution is -0.293. The van der Waals surface area contributed by atoms with Gasteiger partial charge in [0.05, 0.1) is 13.2 Å². The van der Waals surface area contributed by atoms with Crippen molar-refractivity contribution in [2.24, 2.45) is 0 Å². The smallest absolute Gasteiger partial charge is 0.306 e. The largest absolute Gasteiger partial charge is 0.462 e. The van der Waals surface area contributed by atoms with Crippen molar-refractivity contribution in [1.29, 1.82) is 0 Å². The third-order valence-electron chi connectivity index (χ3n) is 9.55. The molecule has 8 nitrogen and oxygen atoms in total. The maximum Gasteiger partial charge on any atom is 0.306 e. The summed E-state index contributed by atoms with van der Waals surface area (Å²) < 4.78 is 11.7. The summed E-state index contributed by atoms with van der Waals surface area (Å²) in [6.07, 6.45) is 22.5. The van der Waals surface area contributed by atoms with Crippen molar-refractivity contribution in [3.05, 3.63) is 0 Å². The van der Waals surface area contributed by atoms with Crippen molar-refractivity contribution < 1.29 is 28.7 Å². The lowest BCUT2D eigenvalue weighted by atomic mass is 9.80. The van der Waals surface area contributed by atoms with Crippen LogP contribution in [-0.4, -0.2) is 71.7 Å². The highest BCUT2D eigenvalue weighted by atomic mass is 16.7. The zero-order valence-electron chi connectivity index (χ0n) is 30.9. The van der Waals surface area contributed by atoms with Gasteiger partial charge < -0.3 is 9.47 Å². The first-order chi connectivity index (χ1) is 22.1. The SMILES string of the molecule is CCCCCCCCON1CCC(OC(=O)CCCCCCC(=O)OC2CC(C)(C)N(OCCCCCCCC)C(C)(C)C2)CC1. The van der Waals surface area contributed by atoms with Crippen LogP contribution < -0.4 is 0 Å². The van der Waals surface area contributed by atoms with Gasteiger partial charge in [0.2, 0.25) is 0 Å². The summed E-state index contributed by atoms with van der Waals surface area (Å²) in [5.41, 5.74) is -0.414. The summed E-state index contributed by atoms with van der Waals surface area (Å²) in [4.78, 5) is 37.3. The molecule has 0 bridgehead atoms. The van der Waals surface area contributed by atoms with Crippen molar-refractivity contribution in [2.45, 2.75) is 206 Å². The van der Waals surface area contributed by atoms with Crippen LogP contribution in [0.25, 0.3) is 0 Å². The molecule has 0 aromatic rings. The lowest BCUT2D eigenvalue weighted by Gasteiger charge is -2.53. The number of ether oxygens (including phenoxy) is 2. The van der Waals surface area contributed by atoms with Crippen LogP contribution in [0.2, 0.25) is 0 Å². The Labute approximate surface area is 282 Å². The maximum absolute atomic E-state index is 12.7. The summed E-state index contributed by atoms with van der Waals surface area (Å²) in [5.74, 6) is -0.210. The minimum atomic E-state index is -0.207. The Hall–Kier alpha value is -1.22. The quantitative estimate of drug-likeness (QED) is 0.0713. The fraction of sp³-hybridized carbons (Fsp3) is 0.947. The van der Waals surface area contributed by atoms with Gasteiger partial charge in [-0.25, -0.2) is 0 Å². The zero-order valence-corrected chi connectivity index (χ0v) is 30.9. The van der Waals surface area contributed by atoms with E-state index in [1.54, 1.807) is 0 Å². The van der Waals surface area contributed by atoms with Crippen LogP contribution in [0.15, 0.2) is 0 Å². The van der Waals surface area contributed by atoms with E-state index in [0.29, 0.717) is 12.8 Å². The average molecular weight is 653 g/mol. The molecule has 2 fully saturated rings.